The number of nitrogens with zero attached hydrogens (tertiary/aromatic N) is 1. The number of aromatic nitrogens is 1. The lowest BCUT2D eigenvalue weighted by molar-refractivity contribution is -0.00139. The van der Waals surface area contributed by atoms with Gasteiger partial charge in [-0.25, -0.2) is 0 Å². The van der Waals surface area contributed by atoms with Gasteiger partial charge in [0, 0.05) is 17.2 Å². The molecule has 3 aliphatic carbocycles. The van der Waals surface area contributed by atoms with Crippen molar-refractivity contribution in [3.63, 3.8) is 0 Å². The highest BCUT2D eigenvalue weighted by Gasteiger charge is 2.56. The molecule has 108 valence electrons. The van der Waals surface area contributed by atoms with Gasteiger partial charge in [0.2, 0.25) is 0 Å². The average Bonchev–Trinajstić information content (AvgIpc) is 2.53. The first-order chi connectivity index (χ1) is 10.1. The fourth-order valence-electron chi connectivity index (χ4n) is 4.42. The largest absolute Gasteiger partial charge is 0.252 e. The summed E-state index contributed by atoms with van der Waals surface area (Å²) in [6, 6.07) is 15.0. The van der Waals surface area contributed by atoms with Crippen molar-refractivity contribution >= 4 is 12.6 Å². The molecule has 5 rings (SSSR count). The SMILES string of the molecule is CC1(C)[C@@H]2C[C@H]1[C@@H](CS)c1nc(-c3ccccc3)ccc12. The molecule has 1 aromatic heterocycles. The highest BCUT2D eigenvalue weighted by atomic mass is 32.1. The summed E-state index contributed by atoms with van der Waals surface area (Å²) in [5.41, 5.74) is 5.50. The highest BCUT2D eigenvalue weighted by Crippen LogP contribution is 2.66. The van der Waals surface area contributed by atoms with E-state index in [1.165, 1.54) is 23.2 Å². The second kappa shape index (κ2) is 4.61. The van der Waals surface area contributed by atoms with Crippen LogP contribution in [0.4, 0.5) is 0 Å². The molecule has 1 aromatic carbocycles. The minimum absolute atomic E-state index is 0.413. The third-order valence-electron chi connectivity index (χ3n) is 5.78. The summed E-state index contributed by atoms with van der Waals surface area (Å²) in [6.45, 7) is 4.83. The fraction of sp³-hybridized carbons (Fsp3) is 0.421. The minimum Gasteiger partial charge on any atom is -0.252 e. The third-order valence-corrected chi connectivity index (χ3v) is 6.17. The predicted molar refractivity (Wildman–Crippen MR) is 90.9 cm³/mol. The van der Waals surface area contributed by atoms with Crippen LogP contribution in [0.15, 0.2) is 42.5 Å². The molecule has 2 heteroatoms. The maximum absolute atomic E-state index is 5.03. The first kappa shape index (κ1) is 13.4. The first-order valence-corrected chi connectivity index (χ1v) is 8.43. The molecule has 1 fully saturated rings. The van der Waals surface area contributed by atoms with Crippen molar-refractivity contribution in [2.24, 2.45) is 11.3 Å². The van der Waals surface area contributed by atoms with Gasteiger partial charge in [-0.15, -0.1) is 0 Å². The van der Waals surface area contributed by atoms with Gasteiger partial charge in [0.05, 0.1) is 5.69 Å². The number of hydrogen-bond acceptors (Lipinski definition) is 2. The molecule has 0 amide bonds. The Labute approximate surface area is 132 Å². The van der Waals surface area contributed by atoms with Crippen LogP contribution in [0, 0.1) is 11.3 Å². The van der Waals surface area contributed by atoms with Crippen molar-refractivity contribution in [1.82, 2.24) is 4.98 Å². The number of thiol groups is 1. The van der Waals surface area contributed by atoms with Crippen molar-refractivity contribution < 1.29 is 0 Å². The Balaban J connectivity index is 1.83. The van der Waals surface area contributed by atoms with Crippen LogP contribution in [0.3, 0.4) is 0 Å². The van der Waals surface area contributed by atoms with Crippen LogP contribution in [0.25, 0.3) is 11.3 Å². The molecule has 0 radical (unpaired) electrons. The number of hydrogen-bond donors (Lipinski definition) is 1. The quantitative estimate of drug-likeness (QED) is 0.777. The van der Waals surface area contributed by atoms with Crippen LogP contribution in [-0.2, 0) is 0 Å². The van der Waals surface area contributed by atoms with Crippen LogP contribution >= 0.6 is 12.6 Å². The van der Waals surface area contributed by atoms with E-state index in [-0.39, 0.29) is 0 Å². The second-order valence-corrected chi connectivity index (χ2v) is 7.41. The lowest BCUT2D eigenvalue weighted by atomic mass is 9.45. The molecule has 0 N–H and O–H groups in total. The van der Waals surface area contributed by atoms with E-state index < -0.39 is 0 Å². The number of pyridine rings is 1. The molecule has 2 bridgehead atoms. The maximum atomic E-state index is 5.03. The van der Waals surface area contributed by atoms with Crippen molar-refractivity contribution in [2.75, 3.05) is 5.75 Å². The predicted octanol–water partition coefficient (Wildman–Crippen LogP) is 4.91. The first-order valence-electron chi connectivity index (χ1n) is 7.80. The van der Waals surface area contributed by atoms with E-state index in [4.69, 9.17) is 4.98 Å². The molecular weight excluding hydrogens is 274 g/mol. The monoisotopic (exact) mass is 295 g/mol. The molecule has 21 heavy (non-hydrogen) atoms. The molecule has 1 nitrogen and oxygen atoms in total. The Hall–Kier alpha value is -1.28. The van der Waals surface area contributed by atoms with E-state index >= 15 is 0 Å². The minimum atomic E-state index is 0.413. The van der Waals surface area contributed by atoms with Crippen molar-refractivity contribution in [3.05, 3.63) is 53.7 Å². The zero-order valence-corrected chi connectivity index (χ0v) is 13.5. The van der Waals surface area contributed by atoms with E-state index in [1.54, 1.807) is 0 Å². The van der Waals surface area contributed by atoms with E-state index in [2.05, 4.69) is 68.9 Å². The van der Waals surface area contributed by atoms with Gasteiger partial charge in [-0.1, -0.05) is 50.2 Å². The van der Waals surface area contributed by atoms with Crippen molar-refractivity contribution in [2.45, 2.75) is 32.1 Å². The van der Waals surface area contributed by atoms with E-state index in [9.17, 15) is 0 Å². The Morgan fingerprint density at radius 1 is 1.14 bits per heavy atom. The summed E-state index contributed by atoms with van der Waals surface area (Å²) in [6.07, 6.45) is 1.32. The Morgan fingerprint density at radius 3 is 2.57 bits per heavy atom. The summed E-state index contributed by atoms with van der Waals surface area (Å²) >= 11 is 4.63. The molecule has 0 saturated heterocycles. The van der Waals surface area contributed by atoms with Crippen LogP contribution < -0.4 is 0 Å². The maximum Gasteiger partial charge on any atom is 0.0705 e. The smallest absolute Gasteiger partial charge is 0.0705 e. The van der Waals surface area contributed by atoms with Crippen LogP contribution in [0.2, 0.25) is 0 Å². The Kier molecular flexibility index (Phi) is 2.94. The highest BCUT2D eigenvalue weighted by molar-refractivity contribution is 7.80. The van der Waals surface area contributed by atoms with Crippen LogP contribution in [0.5, 0.6) is 0 Å². The summed E-state index contributed by atoms with van der Waals surface area (Å²) in [4.78, 5) is 5.03. The molecule has 2 aromatic rings. The summed E-state index contributed by atoms with van der Waals surface area (Å²) in [5.74, 6) is 2.84. The van der Waals surface area contributed by atoms with E-state index in [1.807, 2.05) is 0 Å². The molecule has 0 spiro atoms. The van der Waals surface area contributed by atoms with Gasteiger partial charge >= 0.3 is 0 Å². The van der Waals surface area contributed by atoms with Gasteiger partial charge in [-0.3, -0.25) is 4.98 Å². The summed E-state index contributed by atoms with van der Waals surface area (Å²) < 4.78 is 0. The van der Waals surface area contributed by atoms with Crippen molar-refractivity contribution in [3.8, 4) is 11.3 Å². The van der Waals surface area contributed by atoms with Gasteiger partial charge in [0.25, 0.3) is 0 Å². The van der Waals surface area contributed by atoms with E-state index in [0.717, 1.165) is 17.4 Å². The molecule has 0 unspecified atom stereocenters. The Bertz CT molecular complexity index is 677. The topological polar surface area (TPSA) is 12.9 Å². The standard InChI is InChI=1S/C19H21NS/c1-19(2)15-10-16(19)14(11-21)18-13(15)8-9-17(20-18)12-6-4-3-5-7-12/h3-9,14-16,21H,10-11H2,1-2H3/t14-,15-,16+/m1/s1. The fourth-order valence-corrected chi connectivity index (χ4v) is 4.85. The number of benzene rings is 1. The summed E-state index contributed by atoms with van der Waals surface area (Å²) in [5, 5.41) is 0. The third kappa shape index (κ3) is 1.81. The summed E-state index contributed by atoms with van der Waals surface area (Å²) in [7, 11) is 0. The van der Waals surface area contributed by atoms with Crippen LogP contribution in [0.1, 0.15) is 43.4 Å². The van der Waals surface area contributed by atoms with Gasteiger partial charge < -0.3 is 0 Å². The van der Waals surface area contributed by atoms with E-state index in [0.29, 0.717) is 17.3 Å². The molecule has 0 aliphatic heterocycles. The van der Waals surface area contributed by atoms with Gasteiger partial charge in [-0.2, -0.15) is 12.6 Å². The molecule has 1 heterocycles. The second-order valence-electron chi connectivity index (χ2n) is 7.04. The van der Waals surface area contributed by atoms with Gasteiger partial charge in [0.15, 0.2) is 0 Å². The van der Waals surface area contributed by atoms with Crippen molar-refractivity contribution in [1.29, 1.82) is 0 Å². The number of rotatable bonds is 2. The average molecular weight is 295 g/mol. The zero-order chi connectivity index (χ0) is 14.6. The lowest BCUT2D eigenvalue weighted by Gasteiger charge is -2.60. The van der Waals surface area contributed by atoms with Crippen LogP contribution in [-0.4, -0.2) is 10.7 Å². The zero-order valence-electron chi connectivity index (χ0n) is 12.6. The molecule has 3 aliphatic rings. The van der Waals surface area contributed by atoms with Gasteiger partial charge in [0.1, 0.15) is 0 Å². The Morgan fingerprint density at radius 2 is 1.90 bits per heavy atom. The van der Waals surface area contributed by atoms with Gasteiger partial charge in [-0.05, 0) is 41.1 Å². The lowest BCUT2D eigenvalue weighted by Crippen LogP contribution is -2.51. The molecular formula is C19H21NS. The normalized spacial score (nSPS) is 28.6. The molecule has 3 atom stereocenters. The molecule has 1 saturated carbocycles.